The Morgan fingerprint density at radius 1 is 1.18 bits per heavy atom. The average molecular weight is 489 g/mol. The molecule has 0 spiro atoms. The van der Waals surface area contributed by atoms with Crippen molar-refractivity contribution >= 4 is 23.2 Å². The van der Waals surface area contributed by atoms with Crippen LogP contribution in [0.15, 0.2) is 35.7 Å². The molecule has 1 unspecified atom stereocenters. The van der Waals surface area contributed by atoms with E-state index in [9.17, 15) is 9.59 Å². The Morgan fingerprint density at radius 2 is 1.97 bits per heavy atom. The number of nitrogens with zero attached hydrogens (tertiary/aromatic N) is 1. The first-order valence-electron chi connectivity index (χ1n) is 12.0. The van der Waals surface area contributed by atoms with E-state index in [0.29, 0.717) is 43.2 Å². The molecule has 3 rings (SSSR count). The van der Waals surface area contributed by atoms with Gasteiger partial charge in [0.2, 0.25) is 11.8 Å². The summed E-state index contributed by atoms with van der Waals surface area (Å²) < 4.78 is 16.6. The third kappa shape index (κ3) is 6.96. The van der Waals surface area contributed by atoms with Crippen molar-refractivity contribution in [3.05, 3.63) is 46.2 Å². The number of hydrogen-bond donors (Lipinski definition) is 1. The molecule has 34 heavy (non-hydrogen) atoms. The van der Waals surface area contributed by atoms with E-state index in [0.717, 1.165) is 30.6 Å². The third-order valence-electron chi connectivity index (χ3n) is 6.11. The molecule has 1 aromatic heterocycles. The second-order valence-electron chi connectivity index (χ2n) is 8.39. The molecule has 2 aromatic rings. The fourth-order valence-corrected chi connectivity index (χ4v) is 5.09. The van der Waals surface area contributed by atoms with Crippen molar-refractivity contribution in [2.45, 2.75) is 57.5 Å². The van der Waals surface area contributed by atoms with Gasteiger partial charge in [-0.05, 0) is 55.8 Å². The summed E-state index contributed by atoms with van der Waals surface area (Å²) in [5.74, 6) is 0.866. The second kappa shape index (κ2) is 13.3. The van der Waals surface area contributed by atoms with E-state index in [1.807, 2.05) is 24.4 Å². The number of rotatable bonds is 13. The van der Waals surface area contributed by atoms with Crippen LogP contribution in [-0.2, 0) is 20.7 Å². The van der Waals surface area contributed by atoms with Gasteiger partial charge in [0, 0.05) is 36.2 Å². The maximum absolute atomic E-state index is 13.8. The zero-order valence-corrected chi connectivity index (χ0v) is 21.2. The second-order valence-corrected chi connectivity index (χ2v) is 9.43. The van der Waals surface area contributed by atoms with Crippen LogP contribution in [0.2, 0.25) is 0 Å². The van der Waals surface area contributed by atoms with E-state index in [-0.39, 0.29) is 24.3 Å². The molecular weight excluding hydrogens is 452 g/mol. The van der Waals surface area contributed by atoms with Crippen LogP contribution in [0, 0.1) is 0 Å². The van der Waals surface area contributed by atoms with Gasteiger partial charge in [-0.3, -0.25) is 9.59 Å². The van der Waals surface area contributed by atoms with Crippen LogP contribution < -0.4 is 14.8 Å². The van der Waals surface area contributed by atoms with E-state index in [2.05, 4.69) is 5.32 Å². The molecule has 2 amide bonds. The molecule has 1 saturated carbocycles. The molecule has 0 saturated heterocycles. The van der Waals surface area contributed by atoms with Crippen LogP contribution in [0.4, 0.5) is 0 Å². The molecule has 8 heteroatoms. The Kier molecular flexibility index (Phi) is 10.2. The lowest BCUT2D eigenvalue weighted by molar-refractivity contribution is -0.141. The molecule has 1 heterocycles. The van der Waals surface area contributed by atoms with Crippen LogP contribution in [0.5, 0.6) is 11.5 Å². The minimum Gasteiger partial charge on any atom is -0.497 e. The highest BCUT2D eigenvalue weighted by atomic mass is 32.1. The van der Waals surface area contributed by atoms with Crippen molar-refractivity contribution in [2.75, 3.05) is 34.0 Å². The lowest BCUT2D eigenvalue weighted by atomic mass is 10.0. The Bertz CT molecular complexity index is 912. The molecule has 7 nitrogen and oxygen atoms in total. The summed E-state index contributed by atoms with van der Waals surface area (Å²) >= 11 is 1.54. The summed E-state index contributed by atoms with van der Waals surface area (Å²) in [7, 11) is 3.16. The fourth-order valence-electron chi connectivity index (χ4n) is 4.40. The first-order chi connectivity index (χ1) is 16.6. The average Bonchev–Trinajstić information content (AvgIpc) is 3.55. The number of nitrogens with one attached hydrogen (secondary N) is 1. The van der Waals surface area contributed by atoms with Gasteiger partial charge in [-0.25, -0.2) is 0 Å². The molecule has 0 bridgehead atoms. The van der Waals surface area contributed by atoms with E-state index in [1.165, 1.54) is 11.3 Å². The minimum absolute atomic E-state index is 0.101. The predicted molar refractivity (Wildman–Crippen MR) is 134 cm³/mol. The Hall–Kier alpha value is -2.58. The Balaban J connectivity index is 1.98. The summed E-state index contributed by atoms with van der Waals surface area (Å²) in [6.45, 7) is 3.47. The van der Waals surface area contributed by atoms with Crippen molar-refractivity contribution < 1.29 is 23.8 Å². The van der Waals surface area contributed by atoms with Gasteiger partial charge in [-0.15, -0.1) is 11.3 Å². The largest absolute Gasteiger partial charge is 0.497 e. The highest BCUT2D eigenvalue weighted by Crippen LogP contribution is 2.34. The van der Waals surface area contributed by atoms with E-state index >= 15 is 0 Å². The molecule has 186 valence electrons. The summed E-state index contributed by atoms with van der Waals surface area (Å²) in [6, 6.07) is 8.55. The standard InChI is InChI=1S/C26H36N2O5S/c1-4-33-15-8-14-28(24(29)18-21-11-7-16-34-21)25(26(30)27-19-9-5-6-10-19)22-17-20(31-2)12-13-23(22)32-3/h7,11-13,16-17,19,25H,4-6,8-10,14-15,18H2,1-3H3,(H,27,30). The molecule has 1 atom stereocenters. The van der Waals surface area contributed by atoms with Crippen LogP contribution >= 0.6 is 11.3 Å². The van der Waals surface area contributed by atoms with E-state index in [4.69, 9.17) is 14.2 Å². The highest BCUT2D eigenvalue weighted by Gasteiger charge is 2.35. The molecule has 1 aliphatic carbocycles. The fraction of sp³-hybridized carbons (Fsp3) is 0.538. The van der Waals surface area contributed by atoms with Crippen molar-refractivity contribution in [3.8, 4) is 11.5 Å². The molecule has 0 radical (unpaired) electrons. The SMILES string of the molecule is CCOCCCN(C(=O)Cc1cccs1)C(C(=O)NC1CCCC1)c1cc(OC)ccc1OC. The van der Waals surface area contributed by atoms with Crippen molar-refractivity contribution in [1.82, 2.24) is 10.2 Å². The molecule has 0 aliphatic heterocycles. The van der Waals surface area contributed by atoms with Gasteiger partial charge < -0.3 is 24.4 Å². The first kappa shape index (κ1) is 26.0. The summed E-state index contributed by atoms with van der Waals surface area (Å²) in [5.41, 5.74) is 0.619. The molecule has 1 aliphatic rings. The van der Waals surface area contributed by atoms with Crippen molar-refractivity contribution in [3.63, 3.8) is 0 Å². The number of hydrogen-bond acceptors (Lipinski definition) is 6. The van der Waals surface area contributed by atoms with Gasteiger partial charge >= 0.3 is 0 Å². The number of carbonyl (C=O) groups is 2. The maximum atomic E-state index is 13.8. The molecule has 1 N–H and O–H groups in total. The van der Waals surface area contributed by atoms with Crippen LogP contribution in [-0.4, -0.2) is 56.7 Å². The van der Waals surface area contributed by atoms with Gasteiger partial charge in [0.25, 0.3) is 0 Å². The van der Waals surface area contributed by atoms with Crippen LogP contribution in [0.1, 0.15) is 55.5 Å². The quantitative estimate of drug-likeness (QED) is 0.424. The van der Waals surface area contributed by atoms with Gasteiger partial charge in [0.05, 0.1) is 20.6 Å². The molecule has 1 fully saturated rings. The van der Waals surface area contributed by atoms with Gasteiger partial charge in [-0.1, -0.05) is 18.9 Å². The summed E-state index contributed by atoms with van der Waals surface area (Å²) in [6.07, 6.45) is 5.00. The van der Waals surface area contributed by atoms with Crippen LogP contribution in [0.25, 0.3) is 0 Å². The predicted octanol–water partition coefficient (Wildman–Crippen LogP) is 4.36. The lowest BCUT2D eigenvalue weighted by Gasteiger charge is -2.33. The molecular formula is C26H36N2O5S. The van der Waals surface area contributed by atoms with Gasteiger partial charge in [0.1, 0.15) is 17.5 Å². The van der Waals surface area contributed by atoms with E-state index < -0.39 is 6.04 Å². The molecule has 1 aromatic carbocycles. The number of benzene rings is 1. The smallest absolute Gasteiger partial charge is 0.247 e. The van der Waals surface area contributed by atoms with Crippen molar-refractivity contribution in [1.29, 1.82) is 0 Å². The van der Waals surface area contributed by atoms with Crippen molar-refractivity contribution in [2.24, 2.45) is 0 Å². The Morgan fingerprint density at radius 3 is 2.62 bits per heavy atom. The summed E-state index contributed by atoms with van der Waals surface area (Å²) in [5, 5.41) is 5.16. The minimum atomic E-state index is -0.834. The number of thiophene rings is 1. The van der Waals surface area contributed by atoms with Gasteiger partial charge in [-0.2, -0.15) is 0 Å². The number of carbonyl (C=O) groups excluding carboxylic acids is 2. The normalized spacial score (nSPS) is 14.6. The monoisotopic (exact) mass is 488 g/mol. The Labute approximate surface area is 206 Å². The zero-order chi connectivity index (χ0) is 24.3. The van der Waals surface area contributed by atoms with E-state index in [1.54, 1.807) is 37.3 Å². The van der Waals surface area contributed by atoms with Crippen LogP contribution in [0.3, 0.4) is 0 Å². The number of methoxy groups -OCH3 is 2. The summed E-state index contributed by atoms with van der Waals surface area (Å²) in [4.78, 5) is 30.0. The topological polar surface area (TPSA) is 77.1 Å². The third-order valence-corrected chi connectivity index (χ3v) is 6.99. The zero-order valence-electron chi connectivity index (χ0n) is 20.4. The van der Waals surface area contributed by atoms with Gasteiger partial charge in [0.15, 0.2) is 0 Å². The number of amides is 2. The first-order valence-corrected chi connectivity index (χ1v) is 12.9. The number of ether oxygens (including phenoxy) is 3. The maximum Gasteiger partial charge on any atom is 0.247 e. The highest BCUT2D eigenvalue weighted by molar-refractivity contribution is 7.10. The lowest BCUT2D eigenvalue weighted by Crippen LogP contribution is -2.47.